The monoisotopic (exact) mass is 742 g/mol. The summed E-state index contributed by atoms with van der Waals surface area (Å²) in [6, 6.07) is -4.07. The maximum absolute atomic E-state index is 14.3. The van der Waals surface area contributed by atoms with E-state index in [1.54, 1.807) is 6.08 Å². The Morgan fingerprint density at radius 3 is 2.15 bits per heavy atom. The van der Waals surface area contributed by atoms with E-state index in [4.69, 9.17) is 4.74 Å². The maximum atomic E-state index is 14.3. The highest BCUT2D eigenvalue weighted by Gasteiger charge is 2.45. The molecule has 1 aromatic rings. The Labute approximate surface area is 307 Å². The smallest absolute Gasteiger partial charge is 0.328 e. The van der Waals surface area contributed by atoms with Crippen LogP contribution in [0.25, 0.3) is 0 Å². The van der Waals surface area contributed by atoms with Gasteiger partial charge in [0.15, 0.2) is 0 Å². The Morgan fingerprint density at radius 1 is 0.887 bits per heavy atom. The molecule has 4 saturated heterocycles. The van der Waals surface area contributed by atoms with Crippen LogP contribution in [0.4, 0.5) is 8.78 Å². The number of fused-ring (bicyclic) bond motifs is 3. The maximum Gasteiger partial charge on any atom is 0.328 e. The van der Waals surface area contributed by atoms with E-state index in [0.717, 1.165) is 25.0 Å². The molecule has 0 unspecified atom stereocenters. The van der Waals surface area contributed by atoms with Crippen LogP contribution in [0.2, 0.25) is 0 Å². The van der Waals surface area contributed by atoms with Gasteiger partial charge in [-0.15, -0.1) is 0 Å². The molecule has 0 aliphatic carbocycles. The second kappa shape index (κ2) is 17.8. The lowest BCUT2D eigenvalue weighted by Crippen LogP contribution is -2.60. The minimum Gasteiger partial charge on any atom is -0.461 e. The predicted octanol–water partition coefficient (Wildman–Crippen LogP) is 1.26. The molecule has 16 heteroatoms. The number of halogens is 2. The SMILES string of the molecule is CCCC/C=C/C(=O)N[C@@H](Cc1cc(F)cc(F)c1)C(=O)N[C@H]1COC(=O)[C@@H]2CCCN2C(=O)[C@H](C)NC(=O)[C@@H]2CCCN2C(=O)[C@@H]2CCCN2C1=O. The standard InChI is InChI=1S/C37H48F2N6O8/c1-3-4-5-6-13-31(46)41-26(19-23-17-24(38)20-25(39)18-23)32(47)42-27-21-53-37(52)30-12-9-16-45(30)34(49)22(2)40-33(48)28-10-7-14-43(28)36(51)29-11-8-15-44(29)35(27)50/h6,13,17-18,20,22,26-30H,3-5,7-12,14-16,19,21H2,1-2H3,(H,40,48)(H,41,46)(H,42,47)/b13-6+/t22-,26-,27-,28-,29-,30-/m0/s1. The number of ether oxygens (including phenoxy) is 1. The summed E-state index contributed by atoms with van der Waals surface area (Å²) >= 11 is 0. The zero-order valence-electron chi connectivity index (χ0n) is 30.1. The first-order valence-electron chi connectivity index (χ1n) is 18.5. The van der Waals surface area contributed by atoms with Gasteiger partial charge in [0.1, 0.15) is 54.5 Å². The number of nitrogens with one attached hydrogen (secondary N) is 3. The van der Waals surface area contributed by atoms with E-state index in [2.05, 4.69) is 16.0 Å². The molecular formula is C37H48F2N6O8. The van der Waals surface area contributed by atoms with Crippen molar-refractivity contribution in [2.24, 2.45) is 0 Å². The van der Waals surface area contributed by atoms with Crippen molar-refractivity contribution in [1.29, 1.82) is 0 Å². The topological polar surface area (TPSA) is 175 Å². The number of esters is 1. The Hall–Kier alpha value is -4.89. The van der Waals surface area contributed by atoms with Gasteiger partial charge >= 0.3 is 5.97 Å². The molecule has 6 amide bonds. The summed E-state index contributed by atoms with van der Waals surface area (Å²) < 4.78 is 33.9. The third kappa shape index (κ3) is 9.57. The zero-order chi connectivity index (χ0) is 38.2. The first-order chi connectivity index (χ1) is 25.4. The lowest BCUT2D eigenvalue weighted by atomic mass is 10.0. The van der Waals surface area contributed by atoms with E-state index >= 15 is 0 Å². The van der Waals surface area contributed by atoms with E-state index in [0.29, 0.717) is 38.2 Å². The summed E-state index contributed by atoms with van der Waals surface area (Å²) in [5, 5.41) is 7.84. The average molecular weight is 743 g/mol. The van der Waals surface area contributed by atoms with Gasteiger partial charge in [0.2, 0.25) is 35.4 Å². The molecule has 53 heavy (non-hydrogen) atoms. The Bertz CT molecular complexity index is 1600. The fourth-order valence-electron chi connectivity index (χ4n) is 7.49. The Kier molecular flexibility index (Phi) is 13.2. The van der Waals surface area contributed by atoms with Crippen molar-refractivity contribution >= 4 is 41.4 Å². The van der Waals surface area contributed by atoms with Crippen molar-refractivity contribution < 1.29 is 47.1 Å². The summed E-state index contributed by atoms with van der Waals surface area (Å²) in [6.45, 7) is 3.50. The van der Waals surface area contributed by atoms with Crippen LogP contribution in [0.15, 0.2) is 30.4 Å². The number of carbonyl (C=O) groups is 7. The number of hydrogen-bond acceptors (Lipinski definition) is 8. The molecule has 14 nitrogen and oxygen atoms in total. The molecule has 1 aromatic carbocycles. The number of hydrogen-bond donors (Lipinski definition) is 3. The van der Waals surface area contributed by atoms with Gasteiger partial charge in [-0.05, 0) is 75.6 Å². The lowest BCUT2D eigenvalue weighted by molar-refractivity contribution is -0.158. The molecule has 0 radical (unpaired) electrons. The molecule has 288 valence electrons. The fraction of sp³-hybridized carbons (Fsp3) is 0.595. The molecule has 4 aliphatic heterocycles. The van der Waals surface area contributed by atoms with Crippen molar-refractivity contribution in [3.63, 3.8) is 0 Å². The van der Waals surface area contributed by atoms with Gasteiger partial charge in [-0.3, -0.25) is 28.8 Å². The van der Waals surface area contributed by atoms with Crippen LogP contribution in [0, 0.1) is 11.6 Å². The number of amides is 6. The normalized spacial score (nSPS) is 26.2. The van der Waals surface area contributed by atoms with Gasteiger partial charge in [0.25, 0.3) is 0 Å². The molecule has 0 aromatic heterocycles. The number of allylic oxidation sites excluding steroid dienone is 1. The van der Waals surface area contributed by atoms with E-state index < -0.39 is 95.9 Å². The number of cyclic esters (lactones) is 1. The average Bonchev–Trinajstić information content (AvgIpc) is 3.91. The molecule has 0 spiro atoms. The summed E-state index contributed by atoms with van der Waals surface area (Å²) in [6.07, 6.45) is 7.28. The number of benzene rings is 1. The van der Waals surface area contributed by atoms with E-state index in [-0.39, 0.29) is 44.5 Å². The van der Waals surface area contributed by atoms with Crippen molar-refractivity contribution in [1.82, 2.24) is 30.7 Å². The summed E-state index contributed by atoms with van der Waals surface area (Å²) in [5.74, 6) is -6.34. The van der Waals surface area contributed by atoms with Crippen LogP contribution in [-0.2, 0) is 44.7 Å². The molecule has 4 heterocycles. The van der Waals surface area contributed by atoms with E-state index in [9.17, 15) is 42.3 Å². The number of rotatable bonds is 9. The minimum absolute atomic E-state index is 0.0586. The number of nitrogens with zero attached hydrogens (tertiary/aromatic N) is 3. The summed E-state index contributed by atoms with van der Waals surface area (Å²) in [4.78, 5) is 99.5. The van der Waals surface area contributed by atoms with E-state index in [1.165, 1.54) is 27.7 Å². The van der Waals surface area contributed by atoms with Gasteiger partial charge in [-0.2, -0.15) is 0 Å². The molecule has 5 rings (SSSR count). The largest absolute Gasteiger partial charge is 0.461 e. The highest BCUT2D eigenvalue weighted by Crippen LogP contribution is 2.27. The summed E-state index contributed by atoms with van der Waals surface area (Å²) in [7, 11) is 0. The molecule has 0 saturated carbocycles. The Morgan fingerprint density at radius 2 is 1.49 bits per heavy atom. The van der Waals surface area contributed by atoms with Crippen molar-refractivity contribution in [2.45, 2.75) is 114 Å². The van der Waals surface area contributed by atoms with Gasteiger partial charge < -0.3 is 35.4 Å². The first-order valence-corrected chi connectivity index (χ1v) is 18.5. The summed E-state index contributed by atoms with van der Waals surface area (Å²) in [5.41, 5.74) is 0.0586. The van der Waals surface area contributed by atoms with Gasteiger partial charge in [0, 0.05) is 32.1 Å². The van der Waals surface area contributed by atoms with Crippen molar-refractivity contribution in [3.8, 4) is 0 Å². The molecule has 4 aliphatic rings. The molecule has 0 bridgehead atoms. The highest BCUT2D eigenvalue weighted by molar-refractivity contribution is 5.98. The quantitative estimate of drug-likeness (QED) is 0.193. The zero-order valence-corrected chi connectivity index (χ0v) is 30.1. The van der Waals surface area contributed by atoms with Crippen molar-refractivity contribution in [3.05, 3.63) is 47.5 Å². The second-order valence-corrected chi connectivity index (χ2v) is 14.1. The van der Waals surface area contributed by atoms with Crippen LogP contribution in [-0.4, -0.2) is 119 Å². The van der Waals surface area contributed by atoms with Gasteiger partial charge in [-0.25, -0.2) is 13.6 Å². The van der Waals surface area contributed by atoms with Crippen molar-refractivity contribution in [2.75, 3.05) is 26.2 Å². The third-order valence-corrected chi connectivity index (χ3v) is 10.2. The molecular weight excluding hydrogens is 694 g/mol. The molecule has 4 fully saturated rings. The predicted molar refractivity (Wildman–Crippen MR) is 185 cm³/mol. The van der Waals surface area contributed by atoms with Gasteiger partial charge in [0.05, 0.1) is 0 Å². The third-order valence-electron chi connectivity index (χ3n) is 10.2. The van der Waals surface area contributed by atoms with Crippen LogP contribution in [0.5, 0.6) is 0 Å². The molecule has 6 atom stereocenters. The minimum atomic E-state index is -1.54. The van der Waals surface area contributed by atoms with Crippen LogP contribution in [0.3, 0.4) is 0 Å². The molecule has 3 N–H and O–H groups in total. The fourth-order valence-corrected chi connectivity index (χ4v) is 7.49. The van der Waals surface area contributed by atoms with Crippen LogP contribution < -0.4 is 16.0 Å². The van der Waals surface area contributed by atoms with Gasteiger partial charge in [-0.1, -0.05) is 25.8 Å². The Balaban J connectivity index is 1.45. The highest BCUT2D eigenvalue weighted by atomic mass is 19.1. The second-order valence-electron chi connectivity index (χ2n) is 14.1. The number of unbranched alkanes of at least 4 members (excludes halogenated alkanes) is 2. The lowest BCUT2D eigenvalue weighted by Gasteiger charge is -2.34. The first kappa shape index (κ1) is 39.3. The van der Waals surface area contributed by atoms with Crippen LogP contribution in [0.1, 0.15) is 77.2 Å². The van der Waals surface area contributed by atoms with Crippen LogP contribution >= 0.6 is 0 Å². The number of carbonyl (C=O) groups excluding carboxylic acids is 7. The van der Waals surface area contributed by atoms with E-state index in [1.807, 2.05) is 6.92 Å².